The average Bonchev–Trinajstić information content (AvgIpc) is 2.81. The van der Waals surface area contributed by atoms with E-state index in [1.54, 1.807) is 4.90 Å². The molecule has 1 atom stereocenters. The number of carboxylic acid groups (broad SMARTS) is 1. The summed E-state index contributed by atoms with van der Waals surface area (Å²) in [7, 11) is 0. The Kier molecular flexibility index (Phi) is 5.23. The molecule has 114 valence electrons. The molecule has 6 nitrogen and oxygen atoms in total. The Morgan fingerprint density at radius 1 is 1.25 bits per heavy atom. The quantitative estimate of drug-likeness (QED) is 0.766. The van der Waals surface area contributed by atoms with Gasteiger partial charge in [0.2, 0.25) is 0 Å². The first-order valence-electron chi connectivity index (χ1n) is 7.50. The number of aliphatic carboxylic acids is 1. The Bertz CT molecular complexity index is 357. The number of carbonyl (C=O) groups excluding carboxylic acids is 1. The highest BCUT2D eigenvalue weighted by molar-refractivity contribution is 5.75. The fourth-order valence-corrected chi connectivity index (χ4v) is 2.99. The van der Waals surface area contributed by atoms with E-state index >= 15 is 0 Å². The molecule has 1 aliphatic heterocycles. The van der Waals surface area contributed by atoms with Crippen LogP contribution < -0.4 is 0 Å². The Morgan fingerprint density at radius 2 is 2.00 bits per heavy atom. The lowest BCUT2D eigenvalue weighted by atomic mass is 9.91. The minimum atomic E-state index is -0.772. The molecular formula is C14H24N2O4. The predicted molar refractivity (Wildman–Crippen MR) is 73.4 cm³/mol. The molecule has 0 spiro atoms. The minimum absolute atomic E-state index is 0.00147. The second-order valence-electron chi connectivity index (χ2n) is 5.82. The summed E-state index contributed by atoms with van der Waals surface area (Å²) in [6, 6.07) is 0.300. The topological polar surface area (TPSA) is 81.1 Å². The first kappa shape index (κ1) is 15.1. The van der Waals surface area contributed by atoms with Crippen LogP contribution in [-0.4, -0.2) is 64.3 Å². The highest BCUT2D eigenvalue weighted by Gasteiger charge is 2.34. The van der Waals surface area contributed by atoms with Gasteiger partial charge >= 0.3 is 12.0 Å². The highest BCUT2D eigenvalue weighted by atomic mass is 16.4. The summed E-state index contributed by atoms with van der Waals surface area (Å²) in [6.45, 7) is 1.76. The monoisotopic (exact) mass is 284 g/mol. The second-order valence-corrected chi connectivity index (χ2v) is 5.82. The molecular weight excluding hydrogens is 260 g/mol. The molecule has 0 aromatic rings. The van der Waals surface area contributed by atoms with Crippen molar-refractivity contribution in [2.75, 3.05) is 26.2 Å². The van der Waals surface area contributed by atoms with Crippen molar-refractivity contribution in [1.82, 2.24) is 9.80 Å². The smallest absolute Gasteiger partial charge is 0.320 e. The van der Waals surface area contributed by atoms with E-state index in [4.69, 9.17) is 10.2 Å². The summed E-state index contributed by atoms with van der Waals surface area (Å²) < 4.78 is 0. The number of aliphatic hydroxyl groups is 1. The zero-order valence-electron chi connectivity index (χ0n) is 11.8. The van der Waals surface area contributed by atoms with Gasteiger partial charge < -0.3 is 20.0 Å². The lowest BCUT2D eigenvalue weighted by Gasteiger charge is -2.39. The third-order valence-electron chi connectivity index (χ3n) is 4.42. The number of aliphatic hydroxyl groups excluding tert-OH is 1. The van der Waals surface area contributed by atoms with Crippen molar-refractivity contribution in [3.8, 4) is 0 Å². The molecule has 1 saturated carbocycles. The van der Waals surface area contributed by atoms with Gasteiger partial charge in [0.05, 0.1) is 6.61 Å². The molecule has 1 aliphatic carbocycles. The van der Waals surface area contributed by atoms with Crippen molar-refractivity contribution in [1.29, 1.82) is 0 Å². The van der Waals surface area contributed by atoms with E-state index in [2.05, 4.69) is 0 Å². The SMILES string of the molecule is O=C(O)CCC1CCN(C(=O)N(CCO)C2CCC2)C1. The molecule has 1 heterocycles. The largest absolute Gasteiger partial charge is 0.481 e. The fraction of sp³-hybridized carbons (Fsp3) is 0.857. The summed E-state index contributed by atoms with van der Waals surface area (Å²) in [4.78, 5) is 26.7. The zero-order chi connectivity index (χ0) is 14.5. The van der Waals surface area contributed by atoms with Gasteiger partial charge in [0.1, 0.15) is 0 Å². The minimum Gasteiger partial charge on any atom is -0.481 e. The zero-order valence-corrected chi connectivity index (χ0v) is 11.8. The number of hydrogen-bond donors (Lipinski definition) is 2. The Balaban J connectivity index is 1.83. The normalized spacial score (nSPS) is 22.6. The summed E-state index contributed by atoms with van der Waals surface area (Å²) in [5, 5.41) is 17.8. The molecule has 6 heteroatoms. The van der Waals surface area contributed by atoms with Gasteiger partial charge in [-0.2, -0.15) is 0 Å². The van der Waals surface area contributed by atoms with Crippen molar-refractivity contribution in [3.05, 3.63) is 0 Å². The lowest BCUT2D eigenvalue weighted by Crippen LogP contribution is -2.51. The Hall–Kier alpha value is -1.30. The van der Waals surface area contributed by atoms with E-state index in [-0.39, 0.29) is 25.1 Å². The van der Waals surface area contributed by atoms with Crippen LogP contribution in [0, 0.1) is 5.92 Å². The lowest BCUT2D eigenvalue weighted by molar-refractivity contribution is -0.137. The van der Waals surface area contributed by atoms with Gasteiger partial charge in [-0.3, -0.25) is 4.79 Å². The van der Waals surface area contributed by atoms with Gasteiger partial charge in [-0.15, -0.1) is 0 Å². The molecule has 0 radical (unpaired) electrons. The van der Waals surface area contributed by atoms with Gasteiger partial charge in [-0.05, 0) is 38.0 Å². The van der Waals surface area contributed by atoms with E-state index in [1.165, 1.54) is 0 Å². The summed E-state index contributed by atoms with van der Waals surface area (Å²) >= 11 is 0. The van der Waals surface area contributed by atoms with Crippen molar-refractivity contribution in [2.24, 2.45) is 5.92 Å². The maximum absolute atomic E-state index is 12.5. The van der Waals surface area contributed by atoms with E-state index < -0.39 is 5.97 Å². The number of amides is 2. The first-order chi connectivity index (χ1) is 9.61. The van der Waals surface area contributed by atoms with E-state index in [9.17, 15) is 9.59 Å². The summed E-state index contributed by atoms with van der Waals surface area (Å²) in [5.74, 6) is -0.474. The van der Waals surface area contributed by atoms with Crippen LogP contribution in [0.25, 0.3) is 0 Å². The molecule has 1 saturated heterocycles. The second kappa shape index (κ2) is 6.92. The van der Waals surface area contributed by atoms with Crippen LogP contribution in [0.15, 0.2) is 0 Å². The Labute approximate surface area is 119 Å². The van der Waals surface area contributed by atoms with Gasteiger partial charge in [0, 0.05) is 32.1 Å². The highest BCUT2D eigenvalue weighted by Crippen LogP contribution is 2.28. The molecule has 0 aromatic heterocycles. The van der Waals surface area contributed by atoms with Crippen LogP contribution in [0.2, 0.25) is 0 Å². The van der Waals surface area contributed by atoms with Crippen LogP contribution >= 0.6 is 0 Å². The van der Waals surface area contributed by atoms with Gasteiger partial charge in [0.25, 0.3) is 0 Å². The molecule has 2 rings (SSSR count). The Morgan fingerprint density at radius 3 is 2.55 bits per heavy atom. The van der Waals surface area contributed by atoms with Crippen LogP contribution in [0.3, 0.4) is 0 Å². The summed E-state index contributed by atoms with van der Waals surface area (Å²) in [5.41, 5.74) is 0. The number of likely N-dealkylation sites (tertiary alicyclic amines) is 1. The molecule has 0 aromatic carbocycles. The predicted octanol–water partition coefficient (Wildman–Crippen LogP) is 1.14. The molecule has 2 aliphatic rings. The summed E-state index contributed by atoms with van der Waals surface area (Å²) in [6.07, 6.45) is 4.92. The van der Waals surface area contributed by atoms with Crippen molar-refractivity contribution in [3.63, 3.8) is 0 Å². The molecule has 20 heavy (non-hydrogen) atoms. The number of urea groups is 1. The maximum Gasteiger partial charge on any atom is 0.320 e. The van der Waals surface area contributed by atoms with E-state index in [0.717, 1.165) is 25.7 Å². The van der Waals surface area contributed by atoms with Crippen molar-refractivity contribution >= 4 is 12.0 Å². The van der Waals surface area contributed by atoms with Gasteiger partial charge in [-0.25, -0.2) is 4.79 Å². The molecule has 0 bridgehead atoms. The number of carbonyl (C=O) groups is 2. The molecule has 1 unspecified atom stereocenters. The van der Waals surface area contributed by atoms with Crippen LogP contribution in [0.5, 0.6) is 0 Å². The van der Waals surface area contributed by atoms with Crippen molar-refractivity contribution in [2.45, 2.75) is 44.6 Å². The number of hydrogen-bond acceptors (Lipinski definition) is 3. The van der Waals surface area contributed by atoms with E-state index in [0.29, 0.717) is 32.0 Å². The van der Waals surface area contributed by atoms with Crippen LogP contribution in [0.1, 0.15) is 38.5 Å². The van der Waals surface area contributed by atoms with Crippen LogP contribution in [-0.2, 0) is 4.79 Å². The third-order valence-corrected chi connectivity index (χ3v) is 4.42. The third kappa shape index (κ3) is 3.62. The number of rotatable bonds is 6. The average molecular weight is 284 g/mol. The first-order valence-corrected chi connectivity index (χ1v) is 7.50. The van der Waals surface area contributed by atoms with Gasteiger partial charge in [0.15, 0.2) is 0 Å². The van der Waals surface area contributed by atoms with Crippen LogP contribution in [0.4, 0.5) is 4.79 Å². The maximum atomic E-state index is 12.5. The standard InChI is InChI=1S/C14H24N2O4/c17-9-8-16(12-2-1-3-12)14(20)15-7-6-11(10-15)4-5-13(18)19/h11-12,17H,1-10H2,(H,18,19). The van der Waals surface area contributed by atoms with E-state index in [1.807, 2.05) is 4.90 Å². The molecule has 2 fully saturated rings. The molecule has 2 N–H and O–H groups in total. The number of nitrogens with zero attached hydrogens (tertiary/aromatic N) is 2. The number of carboxylic acids is 1. The van der Waals surface area contributed by atoms with Gasteiger partial charge in [-0.1, -0.05) is 0 Å². The fourth-order valence-electron chi connectivity index (χ4n) is 2.99. The van der Waals surface area contributed by atoms with Crippen molar-refractivity contribution < 1.29 is 19.8 Å². The molecule has 2 amide bonds.